The molecule has 0 N–H and O–H groups in total. The van der Waals surface area contributed by atoms with Gasteiger partial charge in [-0.3, -0.25) is 4.57 Å². The maximum atomic E-state index is 4.87. The average Bonchev–Trinajstić information content (AvgIpc) is 2.93. The van der Waals surface area contributed by atoms with Gasteiger partial charge in [0.1, 0.15) is 0 Å². The predicted molar refractivity (Wildman–Crippen MR) is 97.6 cm³/mol. The smallest absolute Gasteiger partial charge is 0.195 e. The molecule has 0 radical (unpaired) electrons. The van der Waals surface area contributed by atoms with Crippen LogP contribution in [0.3, 0.4) is 0 Å². The third-order valence-corrected chi connectivity index (χ3v) is 4.75. The van der Waals surface area contributed by atoms with Gasteiger partial charge in [0.15, 0.2) is 4.80 Å². The molecular formula is C20H16N2S. The average molecular weight is 316 g/mol. The number of fused-ring (bicyclic) bond motifs is 1. The number of aryl methyl sites for hydroxylation is 1. The summed E-state index contributed by atoms with van der Waals surface area (Å²) >= 11 is 1.72. The lowest BCUT2D eigenvalue weighted by Crippen LogP contribution is -2.11. The standard InChI is InChI=1S/C20H16N2S/c1-15-12-13-18-19(14-15)23-20(21-16-8-4-2-5-9-16)22(18)17-10-6-3-7-11-17/h2-14H,1H3. The molecule has 3 aromatic carbocycles. The van der Waals surface area contributed by atoms with E-state index in [2.05, 4.69) is 54.0 Å². The van der Waals surface area contributed by atoms with Crippen LogP contribution < -0.4 is 4.80 Å². The number of hydrogen-bond acceptors (Lipinski definition) is 2. The van der Waals surface area contributed by atoms with Crippen molar-refractivity contribution in [3.63, 3.8) is 0 Å². The van der Waals surface area contributed by atoms with Gasteiger partial charge in [0.05, 0.1) is 15.9 Å². The van der Waals surface area contributed by atoms with Crippen LogP contribution in [0, 0.1) is 6.92 Å². The fourth-order valence-corrected chi connectivity index (χ4v) is 3.80. The van der Waals surface area contributed by atoms with Crippen molar-refractivity contribution in [1.82, 2.24) is 4.57 Å². The van der Waals surface area contributed by atoms with Gasteiger partial charge >= 0.3 is 0 Å². The SMILES string of the molecule is Cc1ccc2c(c1)sc(=Nc1ccccc1)n2-c1ccccc1. The van der Waals surface area contributed by atoms with Gasteiger partial charge in [-0.25, -0.2) is 4.99 Å². The molecule has 4 rings (SSSR count). The maximum absolute atomic E-state index is 4.87. The molecule has 0 aliphatic rings. The molecule has 3 heteroatoms. The van der Waals surface area contributed by atoms with Crippen LogP contribution >= 0.6 is 11.3 Å². The Morgan fingerprint density at radius 1 is 0.826 bits per heavy atom. The largest absolute Gasteiger partial charge is 0.285 e. The number of benzene rings is 3. The molecule has 112 valence electrons. The first-order valence-electron chi connectivity index (χ1n) is 7.59. The lowest BCUT2D eigenvalue weighted by Gasteiger charge is -2.05. The number of rotatable bonds is 2. The van der Waals surface area contributed by atoms with Crippen LogP contribution in [0.5, 0.6) is 0 Å². The molecule has 0 amide bonds. The molecule has 0 aliphatic heterocycles. The topological polar surface area (TPSA) is 17.3 Å². The van der Waals surface area contributed by atoms with Gasteiger partial charge in [-0.2, -0.15) is 0 Å². The third kappa shape index (κ3) is 2.71. The second kappa shape index (κ2) is 5.86. The summed E-state index contributed by atoms with van der Waals surface area (Å²) in [6.07, 6.45) is 0. The van der Waals surface area contributed by atoms with Crippen LogP contribution in [0.1, 0.15) is 5.56 Å². The van der Waals surface area contributed by atoms with E-state index in [9.17, 15) is 0 Å². The number of nitrogens with zero attached hydrogens (tertiary/aromatic N) is 2. The van der Waals surface area contributed by atoms with Crippen molar-refractivity contribution in [2.75, 3.05) is 0 Å². The number of hydrogen-bond donors (Lipinski definition) is 0. The van der Waals surface area contributed by atoms with Crippen LogP contribution in [0.4, 0.5) is 5.69 Å². The minimum Gasteiger partial charge on any atom is -0.285 e. The van der Waals surface area contributed by atoms with Gasteiger partial charge in [-0.15, -0.1) is 0 Å². The molecule has 2 nitrogen and oxygen atoms in total. The van der Waals surface area contributed by atoms with E-state index in [1.165, 1.54) is 15.8 Å². The van der Waals surface area contributed by atoms with E-state index in [-0.39, 0.29) is 0 Å². The van der Waals surface area contributed by atoms with Gasteiger partial charge in [-0.1, -0.05) is 53.8 Å². The summed E-state index contributed by atoms with van der Waals surface area (Å²) in [7, 11) is 0. The fraction of sp³-hybridized carbons (Fsp3) is 0.0500. The molecule has 0 spiro atoms. The first kappa shape index (κ1) is 14.0. The molecule has 0 unspecified atom stereocenters. The Bertz CT molecular complexity index is 1010. The Kier molecular flexibility index (Phi) is 3.56. The Hall–Kier alpha value is -2.65. The minimum atomic E-state index is 0.973. The zero-order valence-electron chi connectivity index (χ0n) is 12.8. The van der Waals surface area contributed by atoms with E-state index in [1.807, 2.05) is 36.4 Å². The molecule has 4 aromatic rings. The second-order valence-electron chi connectivity index (χ2n) is 5.47. The molecular weight excluding hydrogens is 300 g/mol. The van der Waals surface area contributed by atoms with E-state index in [0.717, 1.165) is 16.2 Å². The van der Waals surface area contributed by atoms with Crippen molar-refractivity contribution in [3.05, 3.63) is 89.2 Å². The molecule has 0 atom stereocenters. The molecule has 0 aliphatic carbocycles. The van der Waals surface area contributed by atoms with E-state index in [0.29, 0.717) is 0 Å². The molecule has 0 bridgehead atoms. The quantitative estimate of drug-likeness (QED) is 0.481. The second-order valence-corrected chi connectivity index (χ2v) is 6.48. The van der Waals surface area contributed by atoms with Gasteiger partial charge in [0.25, 0.3) is 0 Å². The van der Waals surface area contributed by atoms with Crippen molar-refractivity contribution < 1.29 is 0 Å². The van der Waals surface area contributed by atoms with Crippen LogP contribution in [0.25, 0.3) is 15.9 Å². The third-order valence-electron chi connectivity index (χ3n) is 3.74. The van der Waals surface area contributed by atoms with Gasteiger partial charge in [0.2, 0.25) is 0 Å². The number of aromatic nitrogens is 1. The highest BCUT2D eigenvalue weighted by atomic mass is 32.1. The van der Waals surface area contributed by atoms with Gasteiger partial charge < -0.3 is 0 Å². The summed E-state index contributed by atoms with van der Waals surface area (Å²) in [5.74, 6) is 0. The summed E-state index contributed by atoms with van der Waals surface area (Å²) < 4.78 is 3.48. The molecule has 1 heterocycles. The first-order chi connectivity index (χ1) is 11.3. The molecule has 23 heavy (non-hydrogen) atoms. The molecule has 0 saturated heterocycles. The monoisotopic (exact) mass is 316 g/mol. The Labute approximate surface area is 139 Å². The molecule has 0 fully saturated rings. The predicted octanol–water partition coefficient (Wildman–Crippen LogP) is 5.23. The van der Waals surface area contributed by atoms with Crippen molar-refractivity contribution in [2.24, 2.45) is 4.99 Å². The highest BCUT2D eigenvalue weighted by Crippen LogP contribution is 2.23. The first-order valence-corrected chi connectivity index (χ1v) is 8.40. The van der Waals surface area contributed by atoms with Crippen LogP contribution in [-0.4, -0.2) is 4.57 Å². The maximum Gasteiger partial charge on any atom is 0.195 e. The van der Waals surface area contributed by atoms with Crippen molar-refractivity contribution in [2.45, 2.75) is 6.92 Å². The summed E-state index contributed by atoms with van der Waals surface area (Å²) in [4.78, 5) is 5.85. The highest BCUT2D eigenvalue weighted by molar-refractivity contribution is 7.16. The minimum absolute atomic E-state index is 0.973. The van der Waals surface area contributed by atoms with Crippen molar-refractivity contribution in [1.29, 1.82) is 0 Å². The lowest BCUT2D eigenvalue weighted by atomic mass is 10.2. The van der Waals surface area contributed by atoms with Crippen molar-refractivity contribution in [3.8, 4) is 5.69 Å². The van der Waals surface area contributed by atoms with E-state index in [1.54, 1.807) is 11.3 Å². The van der Waals surface area contributed by atoms with E-state index < -0.39 is 0 Å². The zero-order chi connectivity index (χ0) is 15.6. The summed E-state index contributed by atoms with van der Waals surface area (Å²) in [6, 6.07) is 27.1. The normalized spacial score (nSPS) is 12.0. The zero-order valence-corrected chi connectivity index (χ0v) is 13.6. The Balaban J connectivity index is 2.05. The molecule has 0 saturated carbocycles. The summed E-state index contributed by atoms with van der Waals surface area (Å²) in [5, 5.41) is 0. The van der Waals surface area contributed by atoms with Crippen molar-refractivity contribution >= 4 is 27.2 Å². The van der Waals surface area contributed by atoms with Crippen LogP contribution in [0.15, 0.2) is 83.9 Å². The fourth-order valence-electron chi connectivity index (χ4n) is 2.65. The van der Waals surface area contributed by atoms with Gasteiger partial charge in [0, 0.05) is 5.69 Å². The van der Waals surface area contributed by atoms with Crippen LogP contribution in [0.2, 0.25) is 0 Å². The Morgan fingerprint density at radius 2 is 1.52 bits per heavy atom. The Morgan fingerprint density at radius 3 is 2.26 bits per heavy atom. The van der Waals surface area contributed by atoms with Crippen LogP contribution in [-0.2, 0) is 0 Å². The number of para-hydroxylation sites is 2. The molecule has 1 aromatic heterocycles. The lowest BCUT2D eigenvalue weighted by molar-refractivity contribution is 1.05. The van der Waals surface area contributed by atoms with E-state index >= 15 is 0 Å². The van der Waals surface area contributed by atoms with Gasteiger partial charge in [-0.05, 0) is 48.9 Å². The summed E-state index contributed by atoms with van der Waals surface area (Å²) in [5.41, 5.74) is 4.57. The number of thiazole rings is 1. The highest BCUT2D eigenvalue weighted by Gasteiger charge is 2.08. The summed E-state index contributed by atoms with van der Waals surface area (Å²) in [6.45, 7) is 2.13. The van der Waals surface area contributed by atoms with E-state index in [4.69, 9.17) is 4.99 Å².